The zero-order valence-electron chi connectivity index (χ0n) is 13.3. The second kappa shape index (κ2) is 7.27. The van der Waals surface area contributed by atoms with E-state index in [9.17, 15) is 9.59 Å². The van der Waals surface area contributed by atoms with E-state index >= 15 is 0 Å². The third-order valence-electron chi connectivity index (χ3n) is 4.26. The van der Waals surface area contributed by atoms with Gasteiger partial charge < -0.3 is 15.3 Å². The highest BCUT2D eigenvalue weighted by molar-refractivity contribution is 5.87. The lowest BCUT2D eigenvalue weighted by Crippen LogP contribution is -2.55. The van der Waals surface area contributed by atoms with Crippen molar-refractivity contribution in [3.8, 4) is 0 Å². The Kier molecular flexibility index (Phi) is 4.91. The molecule has 2 aromatic carbocycles. The Hall–Kier alpha value is -2.66. The molecule has 2 N–H and O–H groups in total. The number of carbonyl (C=O) groups is 2. The van der Waals surface area contributed by atoms with Crippen LogP contribution in [0.1, 0.15) is 21.5 Å². The molecule has 5 nitrogen and oxygen atoms in total. The highest BCUT2D eigenvalue weighted by Gasteiger charge is 2.28. The maximum Gasteiger partial charge on any atom is 0.335 e. The number of nitrogens with zero attached hydrogens (tertiary/aromatic N) is 1. The van der Waals surface area contributed by atoms with Crippen LogP contribution in [0.15, 0.2) is 54.6 Å². The van der Waals surface area contributed by atoms with E-state index < -0.39 is 5.97 Å². The summed E-state index contributed by atoms with van der Waals surface area (Å²) in [6, 6.07) is 16.9. The van der Waals surface area contributed by atoms with Crippen LogP contribution in [0.4, 0.5) is 0 Å². The summed E-state index contributed by atoms with van der Waals surface area (Å²) in [5.41, 5.74) is 2.26. The van der Waals surface area contributed by atoms with Crippen molar-refractivity contribution < 1.29 is 14.7 Å². The molecule has 0 aliphatic carbocycles. The summed E-state index contributed by atoms with van der Waals surface area (Å²) in [5, 5.41) is 12.3. The number of benzene rings is 2. The van der Waals surface area contributed by atoms with Crippen LogP contribution in [-0.2, 0) is 17.8 Å². The lowest BCUT2D eigenvalue weighted by Gasteiger charge is -2.36. The molecular weight excluding hydrogens is 304 g/mol. The summed E-state index contributed by atoms with van der Waals surface area (Å²) in [6.45, 7) is 1.49. The molecule has 1 amide bonds. The molecule has 0 unspecified atom stereocenters. The van der Waals surface area contributed by atoms with Gasteiger partial charge in [-0.1, -0.05) is 42.5 Å². The van der Waals surface area contributed by atoms with Gasteiger partial charge in [0.05, 0.1) is 12.1 Å². The maximum atomic E-state index is 12.4. The topological polar surface area (TPSA) is 69.6 Å². The van der Waals surface area contributed by atoms with Gasteiger partial charge in [0, 0.05) is 19.1 Å². The molecule has 0 bridgehead atoms. The Morgan fingerprint density at radius 2 is 1.88 bits per heavy atom. The molecule has 1 aliphatic heterocycles. The van der Waals surface area contributed by atoms with Crippen molar-refractivity contribution in [1.29, 1.82) is 0 Å². The number of hydrogen-bond donors (Lipinski definition) is 2. The van der Waals surface area contributed by atoms with Crippen LogP contribution in [0.25, 0.3) is 0 Å². The van der Waals surface area contributed by atoms with Crippen LogP contribution < -0.4 is 5.32 Å². The van der Waals surface area contributed by atoms with Crippen LogP contribution in [0.2, 0.25) is 0 Å². The molecule has 1 saturated heterocycles. The summed E-state index contributed by atoms with van der Waals surface area (Å²) in [6.07, 6.45) is 0.776. The van der Waals surface area contributed by atoms with Crippen molar-refractivity contribution >= 4 is 11.9 Å². The first kappa shape index (κ1) is 16.2. The lowest BCUT2D eigenvalue weighted by molar-refractivity contribution is -0.135. The quantitative estimate of drug-likeness (QED) is 0.882. The van der Waals surface area contributed by atoms with Gasteiger partial charge in [-0.2, -0.15) is 0 Å². The summed E-state index contributed by atoms with van der Waals surface area (Å²) in [4.78, 5) is 25.3. The first-order valence-electron chi connectivity index (χ1n) is 8.00. The highest BCUT2D eigenvalue weighted by Crippen LogP contribution is 2.16. The minimum atomic E-state index is -0.954. The fourth-order valence-electron chi connectivity index (χ4n) is 3.05. The van der Waals surface area contributed by atoms with Gasteiger partial charge in [0.1, 0.15) is 0 Å². The molecule has 1 aliphatic rings. The van der Waals surface area contributed by atoms with E-state index in [4.69, 9.17) is 5.11 Å². The second-order valence-corrected chi connectivity index (χ2v) is 6.00. The normalized spacial score (nSPS) is 17.8. The molecular formula is C19H20N2O3. The molecule has 0 saturated carbocycles. The minimum Gasteiger partial charge on any atom is -0.478 e. The van der Waals surface area contributed by atoms with Gasteiger partial charge in [0.15, 0.2) is 0 Å². The van der Waals surface area contributed by atoms with Crippen molar-refractivity contribution in [1.82, 2.24) is 10.2 Å². The molecule has 0 radical (unpaired) electrons. The van der Waals surface area contributed by atoms with Gasteiger partial charge in [-0.3, -0.25) is 4.79 Å². The fourth-order valence-corrected chi connectivity index (χ4v) is 3.05. The zero-order chi connectivity index (χ0) is 16.9. The van der Waals surface area contributed by atoms with E-state index in [1.807, 2.05) is 29.2 Å². The second-order valence-electron chi connectivity index (χ2n) is 6.00. The summed E-state index contributed by atoms with van der Waals surface area (Å²) in [5.74, 6) is -0.910. The number of aromatic carboxylic acids is 1. The van der Waals surface area contributed by atoms with Crippen molar-refractivity contribution in [3.05, 3.63) is 71.3 Å². The number of nitrogens with one attached hydrogen (secondary N) is 1. The number of rotatable bonds is 5. The Labute approximate surface area is 140 Å². The number of carboxylic acids is 1. The predicted octanol–water partition coefficient (Wildman–Crippen LogP) is 1.93. The van der Waals surface area contributed by atoms with E-state index in [0.717, 1.165) is 18.5 Å². The maximum absolute atomic E-state index is 12.4. The first-order chi connectivity index (χ1) is 11.6. The van der Waals surface area contributed by atoms with Crippen molar-refractivity contribution in [2.24, 2.45) is 0 Å². The van der Waals surface area contributed by atoms with Gasteiger partial charge in [0.25, 0.3) is 0 Å². The van der Waals surface area contributed by atoms with Crippen molar-refractivity contribution in [2.75, 3.05) is 13.1 Å². The Morgan fingerprint density at radius 1 is 1.12 bits per heavy atom. The smallest absolute Gasteiger partial charge is 0.335 e. The number of piperazine rings is 1. The Morgan fingerprint density at radius 3 is 2.62 bits per heavy atom. The van der Waals surface area contributed by atoms with Crippen LogP contribution >= 0.6 is 0 Å². The molecule has 1 fully saturated rings. The van der Waals surface area contributed by atoms with Gasteiger partial charge in [-0.15, -0.1) is 0 Å². The molecule has 0 aromatic heterocycles. The number of hydrogen-bond acceptors (Lipinski definition) is 3. The monoisotopic (exact) mass is 324 g/mol. The number of carboxylic acid groups (broad SMARTS) is 1. The highest BCUT2D eigenvalue weighted by atomic mass is 16.4. The first-order valence-corrected chi connectivity index (χ1v) is 8.00. The SMILES string of the molecule is O=C(O)c1cccc(CN2C(=O)CNC[C@@H]2Cc2ccccc2)c1. The third kappa shape index (κ3) is 3.81. The van der Waals surface area contributed by atoms with E-state index in [-0.39, 0.29) is 17.5 Å². The van der Waals surface area contributed by atoms with Crippen LogP contribution in [0.3, 0.4) is 0 Å². The van der Waals surface area contributed by atoms with Crippen LogP contribution in [0.5, 0.6) is 0 Å². The van der Waals surface area contributed by atoms with Crippen LogP contribution in [0, 0.1) is 0 Å². The number of carbonyl (C=O) groups excluding carboxylic acids is 1. The largest absolute Gasteiger partial charge is 0.478 e. The van der Waals surface area contributed by atoms with E-state index in [1.54, 1.807) is 18.2 Å². The van der Waals surface area contributed by atoms with Crippen molar-refractivity contribution in [3.63, 3.8) is 0 Å². The zero-order valence-corrected chi connectivity index (χ0v) is 13.3. The Balaban J connectivity index is 1.78. The average molecular weight is 324 g/mol. The molecule has 0 spiro atoms. The van der Waals surface area contributed by atoms with Gasteiger partial charge >= 0.3 is 5.97 Å². The van der Waals surface area contributed by atoms with Gasteiger partial charge in [-0.05, 0) is 29.7 Å². The van der Waals surface area contributed by atoms with E-state index in [2.05, 4.69) is 17.4 Å². The molecule has 124 valence electrons. The molecule has 1 heterocycles. The molecule has 2 aromatic rings. The third-order valence-corrected chi connectivity index (χ3v) is 4.26. The summed E-state index contributed by atoms with van der Waals surface area (Å²) >= 11 is 0. The molecule has 24 heavy (non-hydrogen) atoms. The van der Waals surface area contributed by atoms with Gasteiger partial charge in [0.2, 0.25) is 5.91 Å². The van der Waals surface area contributed by atoms with Crippen LogP contribution in [-0.4, -0.2) is 41.0 Å². The molecule has 1 atom stereocenters. The molecule has 3 rings (SSSR count). The average Bonchev–Trinajstić information content (AvgIpc) is 2.59. The Bertz CT molecular complexity index is 730. The van der Waals surface area contributed by atoms with Crippen molar-refractivity contribution in [2.45, 2.75) is 19.0 Å². The van der Waals surface area contributed by atoms with E-state index in [1.165, 1.54) is 5.56 Å². The van der Waals surface area contributed by atoms with E-state index in [0.29, 0.717) is 13.1 Å². The fraction of sp³-hybridized carbons (Fsp3) is 0.263. The van der Waals surface area contributed by atoms with Gasteiger partial charge in [-0.25, -0.2) is 4.79 Å². The molecule has 5 heteroatoms. The minimum absolute atomic E-state index is 0.0444. The summed E-state index contributed by atoms with van der Waals surface area (Å²) < 4.78 is 0. The summed E-state index contributed by atoms with van der Waals surface area (Å²) in [7, 11) is 0. The lowest BCUT2D eigenvalue weighted by atomic mass is 10.0. The standard InChI is InChI=1S/C19H20N2O3/c22-18-12-20-11-17(10-14-5-2-1-3-6-14)21(18)13-15-7-4-8-16(9-15)19(23)24/h1-9,17,20H,10-13H2,(H,23,24)/t17-/m0/s1. The number of amides is 1. The predicted molar refractivity (Wildman–Crippen MR) is 90.8 cm³/mol.